The van der Waals surface area contributed by atoms with Gasteiger partial charge in [-0.05, 0) is 6.42 Å². The lowest BCUT2D eigenvalue weighted by Crippen LogP contribution is -2.72. The molecule has 0 amide bonds. The van der Waals surface area contributed by atoms with E-state index in [1.807, 2.05) is 0 Å². The number of hydrogen-bond acceptors (Lipinski definition) is 3. The number of hydrogen-bond donors (Lipinski definition) is 1. The third-order valence-corrected chi connectivity index (χ3v) is 3.55. The minimum absolute atomic E-state index is 0.585. The Bertz CT molecular complexity index is 710. The van der Waals surface area contributed by atoms with E-state index < -0.39 is 66.8 Å². The predicted octanol–water partition coefficient (Wildman–Crippen LogP) is 6.27. The number of ether oxygens (including phenoxy) is 2. The van der Waals surface area contributed by atoms with Gasteiger partial charge in [0.25, 0.3) is 0 Å². The Balaban J connectivity index is 6.78. The van der Waals surface area contributed by atoms with Gasteiger partial charge in [0.05, 0.1) is 0 Å². The van der Waals surface area contributed by atoms with Crippen LogP contribution >= 0.6 is 0 Å². The van der Waals surface area contributed by atoms with E-state index in [0.717, 1.165) is 0 Å². The van der Waals surface area contributed by atoms with Crippen molar-refractivity contribution in [3.8, 4) is 0 Å². The predicted molar refractivity (Wildman–Crippen MR) is 64.1 cm³/mol. The summed E-state index contributed by atoms with van der Waals surface area (Å²) in [6.07, 6.45) is -35.5. The van der Waals surface area contributed by atoms with Gasteiger partial charge in [-0.2, -0.15) is 83.4 Å². The zero-order valence-corrected chi connectivity index (χ0v) is 15.2. The monoisotopic (exact) mass is 560 g/mol. The molecule has 206 valence electrons. The van der Waals surface area contributed by atoms with E-state index in [2.05, 4.69) is 4.74 Å². The molecule has 0 radical (unpaired) electrons. The summed E-state index contributed by atoms with van der Waals surface area (Å²) < 4.78 is 249. The molecule has 34 heavy (non-hydrogen) atoms. The highest BCUT2D eigenvalue weighted by Gasteiger charge is 2.93. The van der Waals surface area contributed by atoms with Crippen LogP contribution in [0.5, 0.6) is 0 Å². The number of aliphatic hydroxyl groups is 1. The van der Waals surface area contributed by atoms with Crippen LogP contribution in [0.2, 0.25) is 0 Å². The van der Waals surface area contributed by atoms with Crippen molar-refractivity contribution in [3.05, 3.63) is 0 Å². The van der Waals surface area contributed by atoms with Crippen molar-refractivity contribution < 1.29 is 98.0 Å². The number of aliphatic hydroxyl groups excluding tert-OH is 1. The lowest BCUT2D eigenvalue weighted by molar-refractivity contribution is -0.543. The van der Waals surface area contributed by atoms with Crippen LogP contribution in [0.25, 0.3) is 0 Å². The molecule has 0 aliphatic carbocycles. The molecule has 0 heterocycles. The van der Waals surface area contributed by atoms with Gasteiger partial charge in [0.2, 0.25) is 0 Å². The molecule has 3 nitrogen and oxygen atoms in total. The quantitative estimate of drug-likeness (QED) is 0.253. The third-order valence-electron chi connectivity index (χ3n) is 3.55. The smallest absolute Gasteiger partial charge is 0.368 e. The molecule has 0 spiro atoms. The fraction of sp³-hybridized carbons (Fsp3) is 1.00. The fourth-order valence-corrected chi connectivity index (χ4v) is 1.61. The second kappa shape index (κ2) is 8.59. The summed E-state index contributed by atoms with van der Waals surface area (Å²) in [5.74, 6) is -42.1. The first-order valence-electron chi connectivity index (χ1n) is 7.56. The van der Waals surface area contributed by atoms with Gasteiger partial charge in [-0.25, -0.2) is 0 Å². The molecule has 0 rings (SSSR count). The molecule has 0 saturated heterocycles. The van der Waals surface area contributed by atoms with Crippen LogP contribution in [0, 0.1) is 0 Å². The average molecular weight is 560 g/mol. The van der Waals surface area contributed by atoms with Crippen LogP contribution in [0.3, 0.4) is 0 Å². The Morgan fingerprint density at radius 3 is 1.18 bits per heavy atom. The summed E-state index contributed by atoms with van der Waals surface area (Å²) in [6, 6.07) is 0. The number of alkyl halides is 19. The topological polar surface area (TPSA) is 38.7 Å². The zero-order chi connectivity index (χ0) is 28.2. The molecule has 0 aromatic carbocycles. The van der Waals surface area contributed by atoms with Gasteiger partial charge in [-0.15, -0.1) is 0 Å². The molecule has 22 heteroatoms. The SMILES string of the molecule is CCC(O)OC(F)(F)C(F)(OC(F)(F)C(F)(F)C(F)(F)C(F)(F)C(F)(F)C(F)(F)F)C(F)(F)F. The Kier molecular flexibility index (Phi) is 8.22. The van der Waals surface area contributed by atoms with Crippen LogP contribution in [-0.2, 0) is 9.47 Å². The largest absolute Gasteiger partial charge is 0.460 e. The lowest BCUT2D eigenvalue weighted by Gasteiger charge is -2.42. The van der Waals surface area contributed by atoms with Gasteiger partial charge < -0.3 is 5.11 Å². The first-order chi connectivity index (χ1) is 14.4. The molecule has 0 saturated carbocycles. The van der Waals surface area contributed by atoms with Gasteiger partial charge >= 0.3 is 54.1 Å². The fourth-order valence-electron chi connectivity index (χ4n) is 1.61. The maximum absolute atomic E-state index is 13.8. The van der Waals surface area contributed by atoms with Crippen LogP contribution in [0.4, 0.5) is 83.4 Å². The lowest BCUT2D eigenvalue weighted by atomic mass is 9.97. The summed E-state index contributed by atoms with van der Waals surface area (Å²) >= 11 is 0. The van der Waals surface area contributed by atoms with E-state index in [1.54, 1.807) is 0 Å². The average Bonchev–Trinajstić information content (AvgIpc) is 2.57. The van der Waals surface area contributed by atoms with E-state index in [-0.39, 0.29) is 0 Å². The zero-order valence-electron chi connectivity index (χ0n) is 15.2. The highest BCUT2D eigenvalue weighted by atomic mass is 19.4. The van der Waals surface area contributed by atoms with E-state index in [4.69, 9.17) is 5.11 Å². The van der Waals surface area contributed by atoms with Gasteiger partial charge in [0, 0.05) is 0 Å². The second-order valence-corrected chi connectivity index (χ2v) is 6.00. The van der Waals surface area contributed by atoms with Crippen molar-refractivity contribution in [1.29, 1.82) is 0 Å². The first kappa shape index (κ1) is 32.5. The van der Waals surface area contributed by atoms with Gasteiger partial charge in [-0.1, -0.05) is 6.92 Å². The standard InChI is InChI=1S/C12H7F19O3/c1-2-3(32)33-12(30,31)8(21,10(25,26)27)34-11(28,29)7(19,20)5(15,16)4(13,14)6(17,18)9(22,23)24/h3,32H,2H2,1H3. The van der Waals surface area contributed by atoms with Crippen molar-refractivity contribution in [2.45, 2.75) is 73.7 Å². The summed E-state index contributed by atoms with van der Waals surface area (Å²) in [6.45, 7) is 0.585. The van der Waals surface area contributed by atoms with Crippen molar-refractivity contribution in [2.24, 2.45) is 0 Å². The van der Waals surface area contributed by atoms with Gasteiger partial charge in [0.1, 0.15) is 0 Å². The first-order valence-corrected chi connectivity index (χ1v) is 7.56. The van der Waals surface area contributed by atoms with E-state index >= 15 is 0 Å². The van der Waals surface area contributed by atoms with Gasteiger partial charge in [0.15, 0.2) is 6.29 Å². The minimum Gasteiger partial charge on any atom is -0.368 e. The molecular formula is C12H7F19O3. The molecular weight excluding hydrogens is 553 g/mol. The molecule has 0 aliphatic rings. The maximum Gasteiger partial charge on any atom is 0.460 e. The number of rotatable bonds is 10. The molecule has 0 fully saturated rings. The van der Waals surface area contributed by atoms with Crippen molar-refractivity contribution >= 4 is 0 Å². The van der Waals surface area contributed by atoms with E-state index in [1.165, 1.54) is 4.74 Å². The van der Waals surface area contributed by atoms with Crippen LogP contribution < -0.4 is 0 Å². The summed E-state index contributed by atoms with van der Waals surface area (Å²) in [4.78, 5) is 0. The molecule has 1 N–H and O–H groups in total. The minimum atomic E-state index is -8.76. The second-order valence-electron chi connectivity index (χ2n) is 6.00. The molecule has 2 unspecified atom stereocenters. The van der Waals surface area contributed by atoms with Crippen molar-refractivity contribution in [1.82, 2.24) is 0 Å². The molecule has 0 aliphatic heterocycles. The molecule has 2 atom stereocenters. The summed E-state index contributed by atoms with van der Waals surface area (Å²) in [5.41, 5.74) is 0. The van der Waals surface area contributed by atoms with Crippen LogP contribution in [0.15, 0.2) is 0 Å². The molecule has 0 aromatic rings. The highest BCUT2D eigenvalue weighted by molar-refractivity contribution is 5.09. The van der Waals surface area contributed by atoms with Crippen LogP contribution in [0.1, 0.15) is 13.3 Å². The number of halogens is 19. The van der Waals surface area contributed by atoms with Crippen molar-refractivity contribution in [3.63, 3.8) is 0 Å². The Morgan fingerprint density at radius 1 is 0.529 bits per heavy atom. The Morgan fingerprint density at radius 2 is 0.882 bits per heavy atom. The Labute approximate surface area is 173 Å². The third kappa shape index (κ3) is 4.80. The van der Waals surface area contributed by atoms with Crippen LogP contribution in [-0.4, -0.2) is 65.5 Å². The Hall–Kier alpha value is -1.45. The molecule has 0 aromatic heterocycles. The summed E-state index contributed by atoms with van der Waals surface area (Å²) in [7, 11) is 0. The van der Waals surface area contributed by atoms with E-state index in [9.17, 15) is 83.4 Å². The highest BCUT2D eigenvalue weighted by Crippen LogP contribution is 2.62. The normalized spacial score (nSPS) is 18.6. The van der Waals surface area contributed by atoms with Gasteiger partial charge in [-0.3, -0.25) is 9.47 Å². The van der Waals surface area contributed by atoms with Crippen molar-refractivity contribution in [2.75, 3.05) is 0 Å². The maximum atomic E-state index is 13.8. The molecule has 0 bridgehead atoms. The van der Waals surface area contributed by atoms with E-state index in [0.29, 0.717) is 6.92 Å². The summed E-state index contributed by atoms with van der Waals surface area (Å²) in [5, 5.41) is 8.65.